The summed E-state index contributed by atoms with van der Waals surface area (Å²) in [7, 11) is 0. The highest BCUT2D eigenvalue weighted by Crippen LogP contribution is 2.17. The molecule has 0 aliphatic heterocycles. The number of primary amides is 1. The molecule has 0 aliphatic carbocycles. The molecule has 1 heterocycles. The summed E-state index contributed by atoms with van der Waals surface area (Å²) in [5, 5.41) is 4.59. The van der Waals surface area contributed by atoms with Gasteiger partial charge in [-0.05, 0) is 24.6 Å². The number of benzene rings is 1. The average Bonchev–Trinajstić information content (AvgIpc) is 2.84. The van der Waals surface area contributed by atoms with Crippen molar-refractivity contribution in [3.8, 4) is 0 Å². The van der Waals surface area contributed by atoms with Gasteiger partial charge in [0.25, 0.3) is 0 Å². The van der Waals surface area contributed by atoms with Crippen molar-refractivity contribution in [3.63, 3.8) is 0 Å². The first-order chi connectivity index (χ1) is 9.06. The Kier molecular flexibility index (Phi) is 3.91. The number of anilines is 1. The van der Waals surface area contributed by atoms with E-state index in [4.69, 9.17) is 5.73 Å². The first-order valence-corrected chi connectivity index (χ1v) is 6.58. The van der Waals surface area contributed by atoms with E-state index < -0.39 is 5.91 Å². The molecule has 98 valence electrons. The molecule has 0 radical (unpaired) electrons. The highest BCUT2D eigenvalue weighted by molar-refractivity contribution is 7.07. The maximum atomic E-state index is 11.9. The molecule has 0 atom stereocenters. The van der Waals surface area contributed by atoms with Crippen LogP contribution in [-0.4, -0.2) is 16.8 Å². The first kappa shape index (κ1) is 13.2. The van der Waals surface area contributed by atoms with E-state index in [0.29, 0.717) is 11.3 Å². The summed E-state index contributed by atoms with van der Waals surface area (Å²) < 4.78 is 0. The predicted molar refractivity (Wildman–Crippen MR) is 74.1 cm³/mol. The fraction of sp³-hybridized carbons (Fsp3) is 0.154. The van der Waals surface area contributed by atoms with Crippen molar-refractivity contribution in [1.29, 1.82) is 0 Å². The molecule has 0 saturated heterocycles. The lowest BCUT2D eigenvalue weighted by Gasteiger charge is -2.09. The molecule has 0 bridgehead atoms. The average molecular weight is 275 g/mol. The zero-order valence-electron chi connectivity index (χ0n) is 10.3. The molecular weight excluding hydrogens is 262 g/mol. The smallest absolute Gasteiger partial charge is 0.248 e. The largest absolute Gasteiger partial charge is 0.366 e. The highest BCUT2D eigenvalue weighted by Gasteiger charge is 2.09. The molecule has 2 aromatic rings. The van der Waals surface area contributed by atoms with Gasteiger partial charge in [0.05, 0.1) is 17.6 Å². The number of rotatable bonds is 4. The number of amides is 2. The van der Waals surface area contributed by atoms with Crippen molar-refractivity contribution in [2.75, 3.05) is 5.32 Å². The Hall–Kier alpha value is -2.21. The Balaban J connectivity index is 2.11. The fourth-order valence-electron chi connectivity index (χ4n) is 1.59. The minimum atomic E-state index is -0.519. The van der Waals surface area contributed by atoms with Gasteiger partial charge in [0.1, 0.15) is 0 Å². The number of nitrogens with one attached hydrogen (secondary N) is 1. The number of hydrogen-bond acceptors (Lipinski definition) is 4. The van der Waals surface area contributed by atoms with E-state index in [1.165, 1.54) is 11.3 Å². The van der Waals surface area contributed by atoms with Crippen LogP contribution in [-0.2, 0) is 11.2 Å². The number of aryl methyl sites for hydroxylation is 1. The summed E-state index contributed by atoms with van der Waals surface area (Å²) in [4.78, 5) is 27.0. The topological polar surface area (TPSA) is 85.1 Å². The maximum Gasteiger partial charge on any atom is 0.248 e. The van der Waals surface area contributed by atoms with Gasteiger partial charge in [-0.15, -0.1) is 11.3 Å². The van der Waals surface area contributed by atoms with Gasteiger partial charge in [0.2, 0.25) is 11.8 Å². The minimum Gasteiger partial charge on any atom is -0.366 e. The summed E-state index contributed by atoms with van der Waals surface area (Å²) in [6, 6.07) is 4.96. The van der Waals surface area contributed by atoms with Crippen LogP contribution in [0, 0.1) is 6.92 Å². The molecule has 0 saturated carbocycles. The Morgan fingerprint density at radius 1 is 1.42 bits per heavy atom. The number of nitrogens with zero attached hydrogens (tertiary/aromatic N) is 1. The van der Waals surface area contributed by atoms with E-state index in [-0.39, 0.29) is 12.3 Å². The van der Waals surface area contributed by atoms with Gasteiger partial charge in [-0.25, -0.2) is 4.98 Å². The summed E-state index contributed by atoms with van der Waals surface area (Å²) in [5.41, 5.74) is 9.46. The van der Waals surface area contributed by atoms with Crippen molar-refractivity contribution in [1.82, 2.24) is 4.98 Å². The highest BCUT2D eigenvalue weighted by atomic mass is 32.1. The fourth-order valence-corrected chi connectivity index (χ4v) is 2.15. The molecule has 0 aliphatic rings. The van der Waals surface area contributed by atoms with Crippen LogP contribution in [0.1, 0.15) is 21.6 Å². The molecule has 0 unspecified atom stereocenters. The minimum absolute atomic E-state index is 0.171. The van der Waals surface area contributed by atoms with E-state index in [2.05, 4.69) is 10.3 Å². The first-order valence-electron chi connectivity index (χ1n) is 5.63. The zero-order chi connectivity index (χ0) is 13.8. The van der Waals surface area contributed by atoms with Crippen LogP contribution >= 0.6 is 11.3 Å². The normalized spacial score (nSPS) is 10.2. The summed E-state index contributed by atoms with van der Waals surface area (Å²) in [6.07, 6.45) is 0.212. The van der Waals surface area contributed by atoms with E-state index >= 15 is 0 Å². The molecule has 0 fully saturated rings. The van der Waals surface area contributed by atoms with E-state index in [9.17, 15) is 9.59 Å². The second kappa shape index (κ2) is 5.62. The Labute approximate surface area is 114 Å². The molecular formula is C13H13N3O2S. The third-order valence-corrected chi connectivity index (χ3v) is 3.26. The lowest BCUT2D eigenvalue weighted by Crippen LogP contribution is -2.17. The molecule has 3 N–H and O–H groups in total. The summed E-state index contributed by atoms with van der Waals surface area (Å²) in [5.74, 6) is -0.689. The molecule has 0 spiro atoms. The second-order valence-corrected chi connectivity index (χ2v) is 4.82. The number of carbonyl (C=O) groups excluding carboxylic acids is 2. The molecule has 5 nitrogen and oxygen atoms in total. The number of carbonyl (C=O) groups is 2. The summed E-state index contributed by atoms with van der Waals surface area (Å²) in [6.45, 7) is 1.85. The molecule has 1 aromatic heterocycles. The second-order valence-electron chi connectivity index (χ2n) is 4.10. The van der Waals surface area contributed by atoms with Crippen LogP contribution in [0.3, 0.4) is 0 Å². The molecule has 19 heavy (non-hydrogen) atoms. The Bertz CT molecular complexity index is 608. The third-order valence-electron chi connectivity index (χ3n) is 2.62. The molecule has 6 heteroatoms. The monoisotopic (exact) mass is 275 g/mol. The quantitative estimate of drug-likeness (QED) is 0.891. The lowest BCUT2D eigenvalue weighted by atomic mass is 10.1. The van der Waals surface area contributed by atoms with Crippen LogP contribution < -0.4 is 11.1 Å². The lowest BCUT2D eigenvalue weighted by molar-refractivity contribution is -0.115. The van der Waals surface area contributed by atoms with Gasteiger partial charge in [0.15, 0.2) is 0 Å². The number of thiazole rings is 1. The van der Waals surface area contributed by atoms with Crippen molar-refractivity contribution in [2.45, 2.75) is 13.3 Å². The van der Waals surface area contributed by atoms with E-state index in [1.807, 2.05) is 12.3 Å². The van der Waals surface area contributed by atoms with Crippen molar-refractivity contribution in [3.05, 3.63) is 45.9 Å². The van der Waals surface area contributed by atoms with Crippen molar-refractivity contribution in [2.24, 2.45) is 5.73 Å². The van der Waals surface area contributed by atoms with Crippen molar-refractivity contribution < 1.29 is 9.59 Å². The number of aromatic nitrogens is 1. The SMILES string of the molecule is Cc1ccc(C(N)=O)cc1NC(=O)Cc1cscn1. The summed E-state index contributed by atoms with van der Waals surface area (Å²) >= 11 is 1.45. The van der Waals surface area contributed by atoms with E-state index in [0.717, 1.165) is 11.3 Å². The van der Waals surface area contributed by atoms with Crippen LogP contribution in [0.5, 0.6) is 0 Å². The molecule has 2 rings (SSSR count). The molecule has 1 aromatic carbocycles. The third kappa shape index (κ3) is 3.38. The number of hydrogen-bond donors (Lipinski definition) is 2. The van der Waals surface area contributed by atoms with Gasteiger partial charge in [-0.1, -0.05) is 6.07 Å². The predicted octanol–water partition coefficient (Wildman–Crippen LogP) is 1.73. The van der Waals surface area contributed by atoms with Crippen LogP contribution in [0.25, 0.3) is 0 Å². The van der Waals surface area contributed by atoms with Crippen molar-refractivity contribution >= 4 is 28.8 Å². The van der Waals surface area contributed by atoms with Gasteiger partial charge in [0, 0.05) is 16.6 Å². The van der Waals surface area contributed by atoms with E-state index in [1.54, 1.807) is 23.7 Å². The van der Waals surface area contributed by atoms with Gasteiger partial charge >= 0.3 is 0 Å². The van der Waals surface area contributed by atoms with Crippen LogP contribution in [0.2, 0.25) is 0 Å². The van der Waals surface area contributed by atoms with Gasteiger partial charge < -0.3 is 11.1 Å². The molecule has 2 amide bonds. The Morgan fingerprint density at radius 2 is 2.21 bits per heavy atom. The maximum absolute atomic E-state index is 11.9. The number of nitrogens with two attached hydrogens (primary N) is 1. The van der Waals surface area contributed by atoms with Crippen LogP contribution in [0.4, 0.5) is 5.69 Å². The zero-order valence-corrected chi connectivity index (χ0v) is 11.2. The van der Waals surface area contributed by atoms with Crippen LogP contribution in [0.15, 0.2) is 29.1 Å². The standard InChI is InChI=1S/C13H13N3O2S/c1-8-2-3-9(13(14)18)4-11(8)16-12(17)5-10-6-19-7-15-10/h2-4,6-7H,5H2,1H3,(H2,14,18)(H,16,17). The van der Waals surface area contributed by atoms with Gasteiger partial charge in [-0.3, -0.25) is 9.59 Å². The Morgan fingerprint density at radius 3 is 2.84 bits per heavy atom. The van der Waals surface area contributed by atoms with Gasteiger partial charge in [-0.2, -0.15) is 0 Å².